The van der Waals surface area contributed by atoms with Gasteiger partial charge in [0, 0.05) is 9.79 Å². The van der Waals surface area contributed by atoms with Gasteiger partial charge < -0.3 is 0 Å². The van der Waals surface area contributed by atoms with Gasteiger partial charge in [0.15, 0.2) is 0 Å². The van der Waals surface area contributed by atoms with Crippen molar-refractivity contribution in [2.24, 2.45) is 0 Å². The molecule has 0 fully saturated rings. The van der Waals surface area contributed by atoms with Crippen LogP contribution in [0.1, 0.15) is 65.2 Å². The molecule has 0 aliphatic rings. The van der Waals surface area contributed by atoms with Crippen molar-refractivity contribution in [1.82, 2.24) is 0 Å². The first-order valence-electron chi connectivity index (χ1n) is 9.39. The van der Waals surface area contributed by atoms with E-state index in [2.05, 4.69) is 47.3 Å². The number of hydrogen-bond acceptors (Lipinski definition) is 4. The standard InChI is InChI=1S/C20H29BrS4/c1-3-5-7-9-12-22-16-11-14-24-19(16)20-17(15-18(21)25-20)23-13-10-8-6-4-2/h11,14-15H,3-10,12-13H2,1-2H3. The van der Waals surface area contributed by atoms with Crippen molar-refractivity contribution in [3.63, 3.8) is 0 Å². The normalized spacial score (nSPS) is 11.3. The lowest BCUT2D eigenvalue weighted by atomic mass is 10.2. The van der Waals surface area contributed by atoms with Gasteiger partial charge in [-0.1, -0.05) is 52.4 Å². The van der Waals surface area contributed by atoms with Gasteiger partial charge in [0.25, 0.3) is 0 Å². The summed E-state index contributed by atoms with van der Waals surface area (Å²) >= 11 is 11.6. The van der Waals surface area contributed by atoms with E-state index in [1.165, 1.54) is 86.2 Å². The van der Waals surface area contributed by atoms with Crippen LogP contribution in [0.2, 0.25) is 0 Å². The molecule has 0 aliphatic heterocycles. The molecule has 0 nitrogen and oxygen atoms in total. The molecule has 2 aromatic rings. The third-order valence-electron chi connectivity index (χ3n) is 4.01. The van der Waals surface area contributed by atoms with E-state index in [9.17, 15) is 0 Å². The highest BCUT2D eigenvalue weighted by Gasteiger charge is 2.15. The van der Waals surface area contributed by atoms with Crippen LogP contribution < -0.4 is 0 Å². The molecule has 0 aromatic carbocycles. The first-order valence-corrected chi connectivity index (χ1v) is 13.8. The van der Waals surface area contributed by atoms with E-state index < -0.39 is 0 Å². The summed E-state index contributed by atoms with van der Waals surface area (Å²) in [6.45, 7) is 4.56. The van der Waals surface area contributed by atoms with Crippen LogP contribution >= 0.6 is 62.1 Å². The molecule has 5 heteroatoms. The minimum Gasteiger partial charge on any atom is -0.142 e. The molecule has 0 bridgehead atoms. The maximum absolute atomic E-state index is 3.71. The first kappa shape index (κ1) is 21.9. The molecule has 0 unspecified atom stereocenters. The van der Waals surface area contributed by atoms with Gasteiger partial charge in [-0.2, -0.15) is 0 Å². The summed E-state index contributed by atoms with van der Waals surface area (Å²) in [7, 11) is 0. The Kier molecular flexibility index (Phi) is 11.3. The van der Waals surface area contributed by atoms with Crippen LogP contribution in [0, 0.1) is 0 Å². The van der Waals surface area contributed by atoms with Crippen LogP contribution in [0.25, 0.3) is 9.75 Å². The Morgan fingerprint density at radius 2 is 1.48 bits per heavy atom. The molecular weight excluding hydrogens is 448 g/mol. The first-order chi connectivity index (χ1) is 12.3. The molecule has 0 atom stereocenters. The smallest absolute Gasteiger partial charge is 0.0716 e. The number of thiophene rings is 2. The van der Waals surface area contributed by atoms with Gasteiger partial charge in [-0.3, -0.25) is 0 Å². The van der Waals surface area contributed by atoms with E-state index in [4.69, 9.17) is 0 Å². The fourth-order valence-corrected chi connectivity index (χ4v) is 8.10. The minimum atomic E-state index is 1.24. The van der Waals surface area contributed by atoms with E-state index in [1.807, 2.05) is 46.2 Å². The molecule has 0 saturated carbocycles. The number of halogens is 1. The van der Waals surface area contributed by atoms with Crippen LogP contribution in [0.15, 0.2) is 31.1 Å². The predicted octanol–water partition coefficient (Wildman–Crippen LogP) is 9.58. The highest BCUT2D eigenvalue weighted by Crippen LogP contribution is 2.47. The molecule has 25 heavy (non-hydrogen) atoms. The third-order valence-corrected chi connectivity index (χ3v) is 9.26. The van der Waals surface area contributed by atoms with Crippen LogP contribution in [0.4, 0.5) is 0 Å². The van der Waals surface area contributed by atoms with Crippen LogP contribution in [-0.2, 0) is 0 Å². The quantitative estimate of drug-likeness (QED) is 0.208. The minimum absolute atomic E-state index is 1.24. The van der Waals surface area contributed by atoms with Crippen molar-refractivity contribution in [2.45, 2.75) is 75.0 Å². The molecule has 2 aromatic heterocycles. The Bertz CT molecular complexity index is 603. The van der Waals surface area contributed by atoms with Crippen LogP contribution in [0.5, 0.6) is 0 Å². The van der Waals surface area contributed by atoms with E-state index in [1.54, 1.807) is 0 Å². The van der Waals surface area contributed by atoms with Gasteiger partial charge in [-0.15, -0.1) is 46.2 Å². The van der Waals surface area contributed by atoms with Gasteiger partial charge in [0.05, 0.1) is 13.5 Å². The maximum atomic E-state index is 3.71. The largest absolute Gasteiger partial charge is 0.142 e. The van der Waals surface area contributed by atoms with Crippen molar-refractivity contribution in [3.05, 3.63) is 21.3 Å². The van der Waals surface area contributed by atoms with E-state index in [0.29, 0.717) is 0 Å². The average Bonchev–Trinajstić information content (AvgIpc) is 3.20. The summed E-state index contributed by atoms with van der Waals surface area (Å²) in [6.07, 6.45) is 10.8. The lowest BCUT2D eigenvalue weighted by Gasteiger charge is -2.06. The van der Waals surface area contributed by atoms with Crippen LogP contribution in [-0.4, -0.2) is 11.5 Å². The summed E-state index contributed by atoms with van der Waals surface area (Å²) < 4.78 is 1.26. The third kappa shape index (κ3) is 7.61. The summed E-state index contributed by atoms with van der Waals surface area (Å²) in [6, 6.07) is 4.63. The van der Waals surface area contributed by atoms with Gasteiger partial charge in [0.1, 0.15) is 0 Å². The molecular formula is C20H29BrS4. The molecule has 0 saturated heterocycles. The fraction of sp³-hybridized carbons (Fsp3) is 0.600. The number of rotatable bonds is 13. The molecule has 0 N–H and O–H groups in total. The second-order valence-corrected chi connectivity index (χ2v) is 11.8. The number of thioether (sulfide) groups is 2. The summed E-state index contributed by atoms with van der Waals surface area (Å²) in [5.74, 6) is 2.48. The molecule has 0 spiro atoms. The molecule has 2 heterocycles. The number of unbranched alkanes of at least 4 members (excludes halogenated alkanes) is 6. The Balaban J connectivity index is 1.95. The zero-order valence-electron chi connectivity index (χ0n) is 15.3. The summed E-state index contributed by atoms with van der Waals surface area (Å²) in [5, 5.41) is 2.26. The van der Waals surface area contributed by atoms with E-state index in [-0.39, 0.29) is 0 Å². The van der Waals surface area contributed by atoms with Gasteiger partial charge >= 0.3 is 0 Å². The summed E-state index contributed by atoms with van der Waals surface area (Å²) in [5.41, 5.74) is 0. The second-order valence-electron chi connectivity index (χ2n) is 6.18. The Hall–Kier alpha value is 0.580. The topological polar surface area (TPSA) is 0 Å². The summed E-state index contributed by atoms with van der Waals surface area (Å²) in [4.78, 5) is 5.89. The number of hydrogen-bond donors (Lipinski definition) is 0. The Labute approximate surface area is 178 Å². The van der Waals surface area contributed by atoms with Crippen molar-refractivity contribution < 1.29 is 0 Å². The van der Waals surface area contributed by atoms with Crippen molar-refractivity contribution >= 4 is 62.1 Å². The van der Waals surface area contributed by atoms with E-state index in [0.717, 1.165) is 0 Å². The zero-order valence-corrected chi connectivity index (χ0v) is 20.2. The van der Waals surface area contributed by atoms with Crippen molar-refractivity contribution in [1.29, 1.82) is 0 Å². The molecule has 0 aliphatic carbocycles. The Morgan fingerprint density at radius 3 is 2.12 bits per heavy atom. The van der Waals surface area contributed by atoms with Gasteiger partial charge in [-0.05, 0) is 57.8 Å². The zero-order chi connectivity index (χ0) is 17.9. The highest BCUT2D eigenvalue weighted by atomic mass is 79.9. The van der Waals surface area contributed by atoms with E-state index >= 15 is 0 Å². The van der Waals surface area contributed by atoms with Crippen molar-refractivity contribution in [2.75, 3.05) is 11.5 Å². The second kappa shape index (κ2) is 12.9. The lowest BCUT2D eigenvalue weighted by Crippen LogP contribution is -1.83. The monoisotopic (exact) mass is 476 g/mol. The van der Waals surface area contributed by atoms with Gasteiger partial charge in [-0.25, -0.2) is 0 Å². The molecule has 0 amide bonds. The average molecular weight is 478 g/mol. The SMILES string of the molecule is CCCCCCSc1ccsc1-c1sc(Br)cc1SCCCCCC. The fourth-order valence-electron chi connectivity index (χ4n) is 2.61. The van der Waals surface area contributed by atoms with Gasteiger partial charge in [0.2, 0.25) is 0 Å². The molecule has 2 rings (SSSR count). The highest BCUT2D eigenvalue weighted by molar-refractivity contribution is 9.11. The van der Waals surface area contributed by atoms with Crippen LogP contribution in [0.3, 0.4) is 0 Å². The molecule has 140 valence electrons. The molecule has 0 radical (unpaired) electrons. The predicted molar refractivity (Wildman–Crippen MR) is 125 cm³/mol. The lowest BCUT2D eigenvalue weighted by molar-refractivity contribution is 0.706. The maximum Gasteiger partial charge on any atom is 0.0716 e. The Morgan fingerprint density at radius 1 is 0.840 bits per heavy atom. The van der Waals surface area contributed by atoms with Crippen molar-refractivity contribution in [3.8, 4) is 9.75 Å².